The summed E-state index contributed by atoms with van der Waals surface area (Å²) in [5.74, 6) is -0.141. The largest absolute Gasteiger partial charge is 0.510 e. The van der Waals surface area contributed by atoms with Gasteiger partial charge in [0.1, 0.15) is 17.1 Å². The van der Waals surface area contributed by atoms with Crippen LogP contribution in [0.25, 0.3) is 0 Å². The maximum atomic E-state index is 13.2. The monoisotopic (exact) mass is 409 g/mol. The van der Waals surface area contributed by atoms with Crippen LogP contribution in [0.4, 0.5) is 5.69 Å². The lowest BCUT2D eigenvalue weighted by atomic mass is 9.79. The number of carbonyl (C=O) groups excluding carboxylic acids is 1. The highest BCUT2D eigenvalue weighted by atomic mass is 16.6. The maximum Gasteiger partial charge on any atom is 0.359 e. The number of phenols is 1. The Bertz CT molecular complexity index is 932. The lowest BCUT2D eigenvalue weighted by Gasteiger charge is -2.42. The van der Waals surface area contributed by atoms with E-state index in [0.29, 0.717) is 19.4 Å². The number of carbonyl (C=O) groups is 1. The van der Waals surface area contributed by atoms with Gasteiger partial charge in [-0.1, -0.05) is 44.2 Å². The minimum Gasteiger partial charge on any atom is -0.510 e. The number of aryl methyl sites for hydroxylation is 2. The van der Waals surface area contributed by atoms with Crippen LogP contribution in [0.2, 0.25) is 0 Å². The number of anilines is 1. The molecule has 5 nitrogen and oxygen atoms in total. The molecule has 0 aliphatic carbocycles. The fraction of sp³-hybridized carbons (Fsp3) is 0.400. The van der Waals surface area contributed by atoms with E-state index in [-0.39, 0.29) is 29.5 Å². The van der Waals surface area contributed by atoms with Crippen molar-refractivity contribution < 1.29 is 19.7 Å². The van der Waals surface area contributed by atoms with Gasteiger partial charge in [-0.3, -0.25) is 0 Å². The van der Waals surface area contributed by atoms with Crippen LogP contribution in [-0.2, 0) is 16.0 Å². The first-order valence-corrected chi connectivity index (χ1v) is 10.5. The minimum absolute atomic E-state index is 0.0378. The first-order chi connectivity index (χ1) is 14.3. The first-order valence-electron chi connectivity index (χ1n) is 10.5. The molecule has 160 valence electrons. The van der Waals surface area contributed by atoms with Crippen LogP contribution in [0, 0.1) is 12.8 Å². The van der Waals surface area contributed by atoms with E-state index in [1.807, 2.05) is 69.0 Å². The number of rotatable bonds is 7. The summed E-state index contributed by atoms with van der Waals surface area (Å²) in [7, 11) is 0. The highest BCUT2D eigenvalue weighted by Crippen LogP contribution is 2.40. The van der Waals surface area contributed by atoms with E-state index >= 15 is 0 Å². The third-order valence-electron chi connectivity index (χ3n) is 6.05. The van der Waals surface area contributed by atoms with Crippen LogP contribution < -0.4 is 4.90 Å². The Balaban J connectivity index is 1.90. The van der Waals surface area contributed by atoms with Gasteiger partial charge in [-0.2, -0.15) is 0 Å². The molecule has 0 fully saturated rings. The van der Waals surface area contributed by atoms with Crippen molar-refractivity contribution in [2.24, 2.45) is 5.92 Å². The molecule has 3 rings (SSSR count). The zero-order valence-corrected chi connectivity index (χ0v) is 18.2. The third-order valence-corrected chi connectivity index (χ3v) is 6.05. The fourth-order valence-electron chi connectivity index (χ4n) is 4.10. The van der Waals surface area contributed by atoms with Gasteiger partial charge in [-0.25, -0.2) is 4.79 Å². The molecule has 1 aliphatic rings. The number of likely N-dealkylation sites (N-methyl/N-ethyl adjacent to an activating group) is 1. The van der Waals surface area contributed by atoms with Crippen LogP contribution in [0.3, 0.4) is 0 Å². The van der Waals surface area contributed by atoms with E-state index < -0.39 is 11.6 Å². The van der Waals surface area contributed by atoms with E-state index in [1.54, 1.807) is 12.1 Å². The van der Waals surface area contributed by atoms with Gasteiger partial charge >= 0.3 is 5.97 Å². The van der Waals surface area contributed by atoms with Crippen LogP contribution in [0.15, 0.2) is 60.0 Å². The summed E-state index contributed by atoms with van der Waals surface area (Å²) >= 11 is 0. The number of nitrogens with zero attached hydrogens (tertiary/aromatic N) is 1. The first kappa shape index (κ1) is 21.8. The number of aromatic hydroxyl groups is 1. The third kappa shape index (κ3) is 4.30. The molecule has 1 aliphatic heterocycles. The van der Waals surface area contributed by atoms with Crippen LogP contribution >= 0.6 is 0 Å². The van der Waals surface area contributed by atoms with Gasteiger partial charge in [0.05, 0.1) is 0 Å². The summed E-state index contributed by atoms with van der Waals surface area (Å²) in [4.78, 5) is 15.0. The molecule has 2 N–H and O–H groups in total. The molecule has 1 atom stereocenters. The van der Waals surface area contributed by atoms with Gasteiger partial charge in [-0.05, 0) is 61.9 Å². The van der Waals surface area contributed by atoms with Crippen molar-refractivity contribution in [3.8, 4) is 5.75 Å². The number of phenolic OH excluding ortho intramolecular Hbond substituents is 1. The number of cyclic esters (lactones) is 1. The number of para-hydroxylation sites is 1. The Hall–Kier alpha value is -2.95. The molecule has 0 radical (unpaired) electrons. The Kier molecular flexibility index (Phi) is 6.40. The van der Waals surface area contributed by atoms with Crippen LogP contribution in [0.5, 0.6) is 5.75 Å². The molecule has 0 aromatic heterocycles. The van der Waals surface area contributed by atoms with Crippen molar-refractivity contribution in [2.75, 3.05) is 11.4 Å². The minimum atomic E-state index is -0.770. The number of ether oxygens (including phenoxy) is 1. The fourth-order valence-corrected chi connectivity index (χ4v) is 4.10. The molecule has 30 heavy (non-hydrogen) atoms. The zero-order valence-electron chi connectivity index (χ0n) is 18.2. The molecule has 1 heterocycles. The Morgan fingerprint density at radius 1 is 1.10 bits per heavy atom. The van der Waals surface area contributed by atoms with E-state index in [9.17, 15) is 15.0 Å². The molecule has 5 heteroatoms. The van der Waals surface area contributed by atoms with Crippen LogP contribution in [-0.4, -0.2) is 28.3 Å². The van der Waals surface area contributed by atoms with Gasteiger partial charge in [0, 0.05) is 18.7 Å². The molecule has 1 unspecified atom stereocenters. The second-order valence-corrected chi connectivity index (χ2v) is 8.28. The van der Waals surface area contributed by atoms with Crippen molar-refractivity contribution in [1.29, 1.82) is 0 Å². The SMILES string of the molecule is CCN(C1=C(O)CC(CCc2ccc(O)cc2)(C(C)C)OC1=O)c1ccccc1C. The van der Waals surface area contributed by atoms with Crippen molar-refractivity contribution in [2.45, 2.75) is 52.6 Å². The highest BCUT2D eigenvalue weighted by Gasteiger charge is 2.45. The van der Waals surface area contributed by atoms with Gasteiger partial charge in [-0.15, -0.1) is 0 Å². The van der Waals surface area contributed by atoms with Crippen molar-refractivity contribution in [3.63, 3.8) is 0 Å². The predicted octanol–water partition coefficient (Wildman–Crippen LogP) is 5.27. The summed E-state index contributed by atoms with van der Waals surface area (Å²) in [6, 6.07) is 14.8. The highest BCUT2D eigenvalue weighted by molar-refractivity contribution is 5.94. The van der Waals surface area contributed by atoms with Gasteiger partial charge in [0.25, 0.3) is 0 Å². The number of esters is 1. The topological polar surface area (TPSA) is 70.0 Å². The normalized spacial score (nSPS) is 19.2. The van der Waals surface area contributed by atoms with Crippen molar-refractivity contribution in [1.82, 2.24) is 0 Å². The standard InChI is InChI=1S/C25H31NO4/c1-5-26(21-9-7-6-8-18(21)4)23-22(28)16-25(17(2)3,30-24(23)29)15-14-19-10-12-20(27)13-11-19/h6-13,17,27-28H,5,14-16H2,1-4H3. The molecule has 0 spiro atoms. The quantitative estimate of drug-likeness (QED) is 0.610. The van der Waals surface area contributed by atoms with E-state index in [4.69, 9.17) is 4.74 Å². The average molecular weight is 410 g/mol. The summed E-state index contributed by atoms with van der Waals surface area (Å²) in [6.07, 6.45) is 1.56. The summed E-state index contributed by atoms with van der Waals surface area (Å²) in [6.45, 7) is 8.51. The molecule has 0 saturated heterocycles. The maximum absolute atomic E-state index is 13.2. The lowest BCUT2D eigenvalue weighted by Crippen LogP contribution is -2.47. The lowest BCUT2D eigenvalue weighted by molar-refractivity contribution is -0.166. The number of benzene rings is 2. The number of hydrogen-bond donors (Lipinski definition) is 2. The number of hydrogen-bond acceptors (Lipinski definition) is 5. The summed E-state index contributed by atoms with van der Waals surface area (Å²) in [5, 5.41) is 20.5. The van der Waals surface area contributed by atoms with E-state index in [0.717, 1.165) is 16.8 Å². The zero-order chi connectivity index (χ0) is 21.9. The van der Waals surface area contributed by atoms with Gasteiger partial charge < -0.3 is 19.8 Å². The number of aliphatic hydroxyl groups is 1. The Morgan fingerprint density at radius 3 is 2.33 bits per heavy atom. The molecule has 2 aromatic rings. The molecule has 2 aromatic carbocycles. The van der Waals surface area contributed by atoms with Crippen LogP contribution in [0.1, 0.15) is 44.7 Å². The smallest absolute Gasteiger partial charge is 0.359 e. The Morgan fingerprint density at radius 2 is 1.77 bits per heavy atom. The molecule has 0 saturated carbocycles. The molecule has 0 amide bonds. The average Bonchev–Trinajstić information content (AvgIpc) is 2.71. The van der Waals surface area contributed by atoms with Gasteiger partial charge in [0.15, 0.2) is 5.70 Å². The van der Waals surface area contributed by atoms with E-state index in [1.165, 1.54) is 0 Å². The summed E-state index contributed by atoms with van der Waals surface area (Å²) < 4.78 is 6.06. The van der Waals surface area contributed by atoms with Crippen molar-refractivity contribution in [3.05, 3.63) is 71.1 Å². The van der Waals surface area contributed by atoms with Gasteiger partial charge in [0.2, 0.25) is 0 Å². The second-order valence-electron chi connectivity index (χ2n) is 8.28. The second kappa shape index (κ2) is 8.82. The summed E-state index contributed by atoms with van der Waals surface area (Å²) in [5.41, 5.74) is 2.43. The molecular weight excluding hydrogens is 378 g/mol. The molecular formula is C25H31NO4. The Labute approximate surface area is 178 Å². The van der Waals surface area contributed by atoms with E-state index in [2.05, 4.69) is 0 Å². The number of aliphatic hydroxyl groups excluding tert-OH is 1. The molecule has 0 bridgehead atoms. The van der Waals surface area contributed by atoms with Crippen molar-refractivity contribution >= 4 is 11.7 Å². The predicted molar refractivity (Wildman–Crippen MR) is 119 cm³/mol.